The second-order valence-corrected chi connectivity index (χ2v) is 10.3. The number of primary amides is 1. The minimum Gasteiger partial charge on any atom is -0.376 e. The Morgan fingerprint density at radius 1 is 1.26 bits per heavy atom. The van der Waals surface area contributed by atoms with Crippen LogP contribution in [0.5, 0.6) is 0 Å². The highest BCUT2D eigenvalue weighted by molar-refractivity contribution is 8.00. The molecule has 0 saturated carbocycles. The number of thioether (sulfide) groups is 1. The lowest BCUT2D eigenvalue weighted by Crippen LogP contribution is -2.30. The lowest BCUT2D eigenvalue weighted by atomic mass is 9.97. The number of nitrogens with two attached hydrogens (primary N) is 1. The van der Waals surface area contributed by atoms with E-state index < -0.39 is 11.2 Å². The molecule has 2 unspecified atom stereocenters. The summed E-state index contributed by atoms with van der Waals surface area (Å²) >= 11 is 2.89. The van der Waals surface area contributed by atoms with E-state index in [-0.39, 0.29) is 11.7 Å². The number of amides is 1. The first-order chi connectivity index (χ1) is 15.1. The molecular weight excluding hydrogens is 430 g/mol. The van der Waals surface area contributed by atoms with Crippen LogP contribution in [0.4, 0.5) is 0 Å². The normalized spacial score (nSPS) is 19.4. The van der Waals surface area contributed by atoms with Gasteiger partial charge in [-0.25, -0.2) is 4.98 Å². The Hall–Kier alpha value is -2.16. The van der Waals surface area contributed by atoms with Crippen molar-refractivity contribution in [1.29, 1.82) is 0 Å². The first kappa shape index (κ1) is 20.7. The smallest absolute Gasteiger partial charge is 0.263 e. The van der Waals surface area contributed by atoms with Crippen LogP contribution in [0.3, 0.4) is 0 Å². The van der Waals surface area contributed by atoms with Gasteiger partial charge in [0.2, 0.25) is 5.91 Å². The summed E-state index contributed by atoms with van der Waals surface area (Å²) in [6.07, 6.45) is 6.13. The molecule has 1 aromatic carbocycles. The number of thiophene rings is 1. The van der Waals surface area contributed by atoms with Crippen LogP contribution in [-0.2, 0) is 28.9 Å². The topological polar surface area (TPSA) is 87.2 Å². The molecule has 2 atom stereocenters. The molecule has 1 fully saturated rings. The van der Waals surface area contributed by atoms with Gasteiger partial charge in [0.25, 0.3) is 5.56 Å². The van der Waals surface area contributed by atoms with Crippen LogP contribution in [0.15, 0.2) is 40.3 Å². The molecule has 3 heterocycles. The van der Waals surface area contributed by atoms with Crippen LogP contribution in [0.2, 0.25) is 0 Å². The molecule has 2 aliphatic rings. The zero-order valence-electron chi connectivity index (χ0n) is 17.2. The molecule has 0 spiro atoms. The number of ether oxygens (including phenoxy) is 1. The molecule has 0 bridgehead atoms. The summed E-state index contributed by atoms with van der Waals surface area (Å²) in [5.74, 6) is -0.445. The Labute approximate surface area is 188 Å². The number of hydrogen-bond acceptors (Lipinski definition) is 6. The predicted octanol–water partition coefficient (Wildman–Crippen LogP) is 3.83. The summed E-state index contributed by atoms with van der Waals surface area (Å²) < 4.78 is 7.55. The van der Waals surface area contributed by atoms with Gasteiger partial charge in [-0.2, -0.15) is 0 Å². The van der Waals surface area contributed by atoms with E-state index in [1.165, 1.54) is 22.2 Å². The fourth-order valence-electron chi connectivity index (χ4n) is 4.49. The van der Waals surface area contributed by atoms with Crippen molar-refractivity contribution in [2.75, 3.05) is 6.61 Å². The van der Waals surface area contributed by atoms with Gasteiger partial charge in [-0.1, -0.05) is 42.1 Å². The molecule has 31 heavy (non-hydrogen) atoms. The number of hydrogen-bond donors (Lipinski definition) is 1. The highest BCUT2D eigenvalue weighted by Crippen LogP contribution is 2.38. The summed E-state index contributed by atoms with van der Waals surface area (Å²) in [7, 11) is 0. The van der Waals surface area contributed by atoms with Gasteiger partial charge in [0.05, 0.1) is 18.0 Å². The first-order valence-electron chi connectivity index (χ1n) is 10.8. The lowest BCUT2D eigenvalue weighted by Gasteiger charge is -2.19. The third-order valence-electron chi connectivity index (χ3n) is 6.03. The summed E-state index contributed by atoms with van der Waals surface area (Å²) in [5, 5.41) is 0.688. The highest BCUT2D eigenvalue weighted by Gasteiger charge is 2.28. The van der Waals surface area contributed by atoms with Crippen molar-refractivity contribution >= 4 is 39.2 Å². The maximum Gasteiger partial charge on any atom is 0.263 e. The van der Waals surface area contributed by atoms with Crippen LogP contribution < -0.4 is 11.3 Å². The number of fused-ring (bicyclic) bond motifs is 3. The van der Waals surface area contributed by atoms with Crippen molar-refractivity contribution in [1.82, 2.24) is 9.55 Å². The van der Waals surface area contributed by atoms with Gasteiger partial charge in [0, 0.05) is 11.5 Å². The molecule has 6 nitrogen and oxygen atoms in total. The zero-order valence-corrected chi connectivity index (χ0v) is 18.8. The largest absolute Gasteiger partial charge is 0.376 e. The lowest BCUT2D eigenvalue weighted by molar-refractivity contribution is -0.117. The fourth-order valence-corrected chi connectivity index (χ4v) is 6.84. The summed E-state index contributed by atoms with van der Waals surface area (Å²) in [5.41, 5.74) is 7.73. The second-order valence-electron chi connectivity index (χ2n) is 8.15. The number of benzene rings is 1. The standard InChI is InChI=1S/C23H25N3O3S2/c24-20(27)19(14-7-2-1-3-8-14)31-23-25-21-18(16-10-4-5-11-17(16)30-21)22(28)26(23)13-15-9-6-12-29-15/h1-3,7-8,15,19H,4-6,9-13H2,(H2,24,27). The number of carbonyl (C=O) groups excluding carboxylic acids is 1. The molecule has 1 aliphatic heterocycles. The monoisotopic (exact) mass is 455 g/mol. The Kier molecular flexibility index (Phi) is 5.86. The third-order valence-corrected chi connectivity index (χ3v) is 8.48. The third kappa shape index (κ3) is 4.04. The van der Waals surface area contributed by atoms with Crippen LogP contribution in [-0.4, -0.2) is 28.2 Å². The number of rotatable bonds is 6. The molecule has 1 aliphatic carbocycles. The number of carbonyl (C=O) groups is 1. The number of aryl methyl sites for hydroxylation is 2. The average molecular weight is 456 g/mol. The first-order valence-corrected chi connectivity index (χ1v) is 12.5. The molecule has 1 amide bonds. The van der Waals surface area contributed by atoms with E-state index in [1.54, 1.807) is 15.9 Å². The summed E-state index contributed by atoms with van der Waals surface area (Å²) in [6.45, 7) is 1.17. The zero-order chi connectivity index (χ0) is 21.4. The van der Waals surface area contributed by atoms with Gasteiger partial charge in [-0.3, -0.25) is 14.2 Å². The fraction of sp³-hybridized carbons (Fsp3) is 0.435. The Balaban J connectivity index is 1.63. The van der Waals surface area contributed by atoms with Gasteiger partial charge < -0.3 is 10.5 Å². The molecule has 5 rings (SSSR count). The van der Waals surface area contributed by atoms with Crippen LogP contribution in [0.1, 0.15) is 46.9 Å². The second kappa shape index (κ2) is 8.76. The van der Waals surface area contributed by atoms with Crippen molar-refractivity contribution in [2.45, 2.75) is 61.6 Å². The average Bonchev–Trinajstić information content (AvgIpc) is 3.42. The van der Waals surface area contributed by atoms with Crippen LogP contribution >= 0.6 is 23.1 Å². The molecule has 1 saturated heterocycles. The van der Waals surface area contributed by atoms with Gasteiger partial charge in [0.1, 0.15) is 10.1 Å². The Morgan fingerprint density at radius 3 is 2.81 bits per heavy atom. The molecular formula is C23H25N3O3S2. The minimum atomic E-state index is -0.615. The van der Waals surface area contributed by atoms with Crippen molar-refractivity contribution in [3.63, 3.8) is 0 Å². The van der Waals surface area contributed by atoms with Gasteiger partial charge in [0.15, 0.2) is 5.16 Å². The Bertz CT molecular complexity index is 1170. The molecule has 8 heteroatoms. The molecule has 0 radical (unpaired) electrons. The van der Waals surface area contributed by atoms with E-state index in [0.717, 1.165) is 60.9 Å². The molecule has 162 valence electrons. The van der Waals surface area contributed by atoms with Crippen LogP contribution in [0, 0.1) is 0 Å². The molecule has 2 N–H and O–H groups in total. The van der Waals surface area contributed by atoms with E-state index in [4.69, 9.17) is 15.5 Å². The van der Waals surface area contributed by atoms with Crippen LogP contribution in [0.25, 0.3) is 10.2 Å². The number of aromatic nitrogens is 2. The van der Waals surface area contributed by atoms with Crippen molar-refractivity contribution in [3.05, 3.63) is 56.7 Å². The highest BCUT2D eigenvalue weighted by atomic mass is 32.2. The number of nitrogens with zero attached hydrogens (tertiary/aromatic N) is 2. The quantitative estimate of drug-likeness (QED) is 0.451. The van der Waals surface area contributed by atoms with E-state index >= 15 is 0 Å². The van der Waals surface area contributed by atoms with Crippen molar-refractivity contribution in [3.8, 4) is 0 Å². The molecule has 3 aromatic rings. The van der Waals surface area contributed by atoms with E-state index in [0.29, 0.717) is 11.7 Å². The van der Waals surface area contributed by atoms with E-state index in [2.05, 4.69) is 0 Å². The van der Waals surface area contributed by atoms with Gasteiger partial charge >= 0.3 is 0 Å². The Morgan fingerprint density at radius 2 is 2.06 bits per heavy atom. The minimum absolute atomic E-state index is 0.00508. The van der Waals surface area contributed by atoms with Gasteiger partial charge in [-0.15, -0.1) is 11.3 Å². The van der Waals surface area contributed by atoms with Gasteiger partial charge in [-0.05, 0) is 49.7 Å². The SMILES string of the molecule is NC(=O)C(Sc1nc2sc3c(c2c(=O)n1CC1CCCO1)CCCC3)c1ccccc1. The predicted molar refractivity (Wildman–Crippen MR) is 124 cm³/mol. The van der Waals surface area contributed by atoms with E-state index in [9.17, 15) is 9.59 Å². The summed E-state index contributed by atoms with van der Waals surface area (Å²) in [4.78, 5) is 33.0. The van der Waals surface area contributed by atoms with Crippen molar-refractivity contribution in [2.24, 2.45) is 5.73 Å². The van der Waals surface area contributed by atoms with E-state index in [1.807, 2.05) is 30.3 Å². The maximum absolute atomic E-state index is 13.7. The summed E-state index contributed by atoms with van der Waals surface area (Å²) in [6, 6.07) is 9.44. The van der Waals surface area contributed by atoms with Crippen molar-refractivity contribution < 1.29 is 9.53 Å². The maximum atomic E-state index is 13.7. The molecule has 2 aromatic heterocycles.